The Kier molecular flexibility index (Phi) is 4.72. The number of aromatic amines is 1. The number of nitrogens with one attached hydrogen (secondary N) is 1. The van der Waals surface area contributed by atoms with Crippen LogP contribution in [0.15, 0.2) is 47.3 Å². The molecule has 1 aliphatic carbocycles. The highest BCUT2D eigenvalue weighted by atomic mass is 15.1. The van der Waals surface area contributed by atoms with E-state index in [-0.39, 0.29) is 0 Å². The lowest BCUT2D eigenvalue weighted by atomic mass is 9.76. The highest BCUT2D eigenvalue weighted by Crippen LogP contribution is 2.36. The van der Waals surface area contributed by atoms with Gasteiger partial charge in [-0.1, -0.05) is 30.7 Å². The van der Waals surface area contributed by atoms with Gasteiger partial charge in [0.25, 0.3) is 0 Å². The molecule has 1 aliphatic rings. The van der Waals surface area contributed by atoms with Gasteiger partial charge in [-0.25, -0.2) is 0 Å². The van der Waals surface area contributed by atoms with E-state index in [4.69, 9.17) is 0 Å². The van der Waals surface area contributed by atoms with Crippen LogP contribution in [0.25, 0.3) is 5.57 Å². The average molecular weight is 269 g/mol. The molecule has 0 unspecified atom stereocenters. The van der Waals surface area contributed by atoms with Crippen LogP contribution in [0, 0.1) is 5.92 Å². The van der Waals surface area contributed by atoms with Gasteiger partial charge in [0.2, 0.25) is 0 Å². The van der Waals surface area contributed by atoms with Crippen molar-refractivity contribution in [3.05, 3.63) is 47.8 Å². The van der Waals surface area contributed by atoms with Crippen molar-refractivity contribution in [1.82, 2.24) is 10.2 Å². The van der Waals surface area contributed by atoms with E-state index in [1.807, 2.05) is 25.5 Å². The Labute approximate surface area is 121 Å². The Hall–Kier alpha value is -1.90. The molecule has 3 nitrogen and oxygen atoms in total. The van der Waals surface area contributed by atoms with Crippen molar-refractivity contribution >= 4 is 11.3 Å². The molecule has 0 radical (unpaired) electrons. The molecule has 0 saturated heterocycles. The van der Waals surface area contributed by atoms with E-state index in [0.29, 0.717) is 5.92 Å². The Morgan fingerprint density at radius 3 is 2.60 bits per heavy atom. The van der Waals surface area contributed by atoms with Crippen LogP contribution in [0.4, 0.5) is 0 Å². The maximum absolute atomic E-state index is 4.60. The van der Waals surface area contributed by atoms with Gasteiger partial charge in [0.1, 0.15) is 0 Å². The van der Waals surface area contributed by atoms with Gasteiger partial charge in [0.15, 0.2) is 0 Å². The van der Waals surface area contributed by atoms with Gasteiger partial charge >= 0.3 is 0 Å². The minimum atomic E-state index is 0.602. The zero-order valence-electron chi connectivity index (χ0n) is 12.6. The molecule has 106 valence electrons. The number of hydrogen-bond acceptors (Lipinski definition) is 2. The van der Waals surface area contributed by atoms with Crippen molar-refractivity contribution in [2.45, 2.75) is 33.1 Å². The van der Waals surface area contributed by atoms with E-state index in [0.717, 1.165) is 11.1 Å². The Morgan fingerprint density at radius 1 is 1.45 bits per heavy atom. The minimum absolute atomic E-state index is 0.602. The first-order valence-electron chi connectivity index (χ1n) is 7.15. The number of H-pyrrole nitrogens is 1. The molecule has 3 heteroatoms. The summed E-state index contributed by atoms with van der Waals surface area (Å²) in [6, 6.07) is 0. The topological polar surface area (TPSA) is 41.0 Å². The summed E-state index contributed by atoms with van der Waals surface area (Å²) in [4.78, 5) is 4.60. The zero-order chi connectivity index (χ0) is 14.5. The van der Waals surface area contributed by atoms with Crippen LogP contribution in [0.3, 0.4) is 0 Å². The van der Waals surface area contributed by atoms with E-state index in [9.17, 15) is 0 Å². The molecule has 0 atom stereocenters. The smallest absolute Gasteiger partial charge is 0.0566 e. The third kappa shape index (κ3) is 2.82. The van der Waals surface area contributed by atoms with Gasteiger partial charge in [0.05, 0.1) is 6.20 Å². The van der Waals surface area contributed by atoms with Gasteiger partial charge in [-0.15, -0.1) is 0 Å². The maximum atomic E-state index is 4.60. The van der Waals surface area contributed by atoms with Crippen LogP contribution < -0.4 is 0 Å². The van der Waals surface area contributed by atoms with Crippen molar-refractivity contribution in [2.24, 2.45) is 10.9 Å². The molecule has 2 rings (SSSR count). The molecule has 1 N–H and O–H groups in total. The standard InChI is InChI=1S/C17H23N3/c1-5-7-15(14-10-19-20-11-14)16(12(2)3)17(18-4)13-8-6-9-13/h5,7,10-11,13H,1,6,8-9H2,2-4H3,(H,19,20)/b15-7-,18-17?. The molecule has 1 heterocycles. The second kappa shape index (κ2) is 6.51. The molecule has 0 aliphatic heterocycles. The van der Waals surface area contributed by atoms with Gasteiger partial charge in [-0.3, -0.25) is 10.1 Å². The first-order valence-corrected chi connectivity index (χ1v) is 7.15. The average Bonchev–Trinajstić information content (AvgIpc) is 2.87. The fourth-order valence-electron chi connectivity index (χ4n) is 2.68. The predicted octanol–water partition coefficient (Wildman–Crippen LogP) is 4.19. The molecular formula is C17H23N3. The highest BCUT2D eigenvalue weighted by Gasteiger charge is 2.27. The van der Waals surface area contributed by atoms with Crippen LogP contribution in [0.5, 0.6) is 0 Å². The Morgan fingerprint density at radius 2 is 2.20 bits per heavy atom. The van der Waals surface area contributed by atoms with E-state index in [1.54, 1.807) is 0 Å². The molecule has 0 aromatic carbocycles. The summed E-state index contributed by atoms with van der Waals surface area (Å²) in [7, 11) is 1.90. The summed E-state index contributed by atoms with van der Waals surface area (Å²) in [5, 5.41) is 6.96. The second-order valence-corrected chi connectivity index (χ2v) is 5.41. The van der Waals surface area contributed by atoms with Crippen LogP contribution in [0.1, 0.15) is 38.7 Å². The summed E-state index contributed by atoms with van der Waals surface area (Å²) in [6.45, 7) is 8.14. The first kappa shape index (κ1) is 14.5. The van der Waals surface area contributed by atoms with Gasteiger partial charge in [-0.2, -0.15) is 5.10 Å². The molecule has 1 fully saturated rings. The number of aliphatic imine (C=N–C) groups is 1. The highest BCUT2D eigenvalue weighted by molar-refractivity contribution is 6.15. The van der Waals surface area contributed by atoms with Crippen LogP contribution >= 0.6 is 0 Å². The predicted molar refractivity (Wildman–Crippen MR) is 85.8 cm³/mol. The molecule has 1 aromatic heterocycles. The van der Waals surface area contributed by atoms with Crippen LogP contribution in [-0.2, 0) is 0 Å². The van der Waals surface area contributed by atoms with E-state index < -0.39 is 0 Å². The molecule has 0 bridgehead atoms. The van der Waals surface area contributed by atoms with E-state index in [2.05, 4.69) is 41.7 Å². The number of allylic oxidation sites excluding steroid dienone is 5. The minimum Gasteiger partial charge on any atom is -0.292 e. The summed E-state index contributed by atoms with van der Waals surface area (Å²) in [6.07, 6.45) is 11.5. The van der Waals surface area contributed by atoms with E-state index >= 15 is 0 Å². The number of aromatic nitrogens is 2. The summed E-state index contributed by atoms with van der Waals surface area (Å²) in [5.41, 5.74) is 6.00. The Balaban J connectivity index is 2.49. The van der Waals surface area contributed by atoms with Crippen molar-refractivity contribution in [3.63, 3.8) is 0 Å². The molecule has 20 heavy (non-hydrogen) atoms. The zero-order valence-corrected chi connectivity index (χ0v) is 12.6. The van der Waals surface area contributed by atoms with Crippen LogP contribution in [0.2, 0.25) is 0 Å². The third-order valence-corrected chi connectivity index (χ3v) is 3.85. The van der Waals surface area contributed by atoms with Gasteiger partial charge < -0.3 is 0 Å². The van der Waals surface area contributed by atoms with Crippen LogP contribution in [-0.4, -0.2) is 23.0 Å². The number of hydrogen-bond donors (Lipinski definition) is 1. The van der Waals surface area contributed by atoms with Gasteiger partial charge in [-0.05, 0) is 32.3 Å². The first-order chi connectivity index (χ1) is 9.69. The van der Waals surface area contributed by atoms with E-state index in [1.165, 1.54) is 36.1 Å². The second-order valence-electron chi connectivity index (χ2n) is 5.41. The fraction of sp³-hybridized carbons (Fsp3) is 0.412. The van der Waals surface area contributed by atoms with Crippen molar-refractivity contribution in [1.29, 1.82) is 0 Å². The third-order valence-electron chi connectivity index (χ3n) is 3.85. The summed E-state index contributed by atoms with van der Waals surface area (Å²) in [5.74, 6) is 0.602. The lowest BCUT2D eigenvalue weighted by Gasteiger charge is -2.30. The normalized spacial score (nSPS) is 16.8. The lowest BCUT2D eigenvalue weighted by Crippen LogP contribution is -2.25. The Bertz CT molecular complexity index is 551. The molecule has 0 spiro atoms. The van der Waals surface area contributed by atoms with Gasteiger partial charge in [0, 0.05) is 36.0 Å². The molecule has 1 aromatic rings. The largest absolute Gasteiger partial charge is 0.292 e. The molecule has 1 saturated carbocycles. The molecular weight excluding hydrogens is 246 g/mol. The number of nitrogens with zero attached hydrogens (tertiary/aromatic N) is 2. The van der Waals surface area contributed by atoms with Crippen molar-refractivity contribution in [2.75, 3.05) is 7.05 Å². The quantitative estimate of drug-likeness (QED) is 0.632. The SMILES string of the molecule is C=C/C=C(\C(C(=NC)C1CCC1)=C(C)C)c1cn[nH]c1. The lowest BCUT2D eigenvalue weighted by molar-refractivity contribution is 0.413. The maximum Gasteiger partial charge on any atom is 0.0566 e. The summed E-state index contributed by atoms with van der Waals surface area (Å²) >= 11 is 0. The van der Waals surface area contributed by atoms with Crippen molar-refractivity contribution < 1.29 is 0 Å². The molecule has 0 amide bonds. The fourth-order valence-corrected chi connectivity index (χ4v) is 2.68. The summed E-state index contributed by atoms with van der Waals surface area (Å²) < 4.78 is 0. The number of rotatable bonds is 5. The monoisotopic (exact) mass is 269 g/mol. The van der Waals surface area contributed by atoms with Crippen molar-refractivity contribution in [3.8, 4) is 0 Å².